The van der Waals surface area contributed by atoms with E-state index in [-0.39, 0.29) is 12.4 Å². The van der Waals surface area contributed by atoms with Gasteiger partial charge >= 0.3 is 5.97 Å². The van der Waals surface area contributed by atoms with E-state index in [9.17, 15) is 9.59 Å². The molecule has 84 valence electrons. The lowest BCUT2D eigenvalue weighted by Gasteiger charge is -1.99. The van der Waals surface area contributed by atoms with Crippen LogP contribution in [-0.2, 0) is 9.53 Å². The molecule has 16 heavy (non-hydrogen) atoms. The van der Waals surface area contributed by atoms with Crippen LogP contribution in [0.3, 0.4) is 0 Å². The summed E-state index contributed by atoms with van der Waals surface area (Å²) >= 11 is 5.75. The number of aldehydes is 1. The van der Waals surface area contributed by atoms with Crippen LogP contribution < -0.4 is 0 Å². The smallest absolute Gasteiger partial charge is 0.309 e. The van der Waals surface area contributed by atoms with E-state index < -0.39 is 0 Å². The third kappa shape index (κ3) is 3.51. The number of halogens is 1. The minimum Gasteiger partial charge on any atom is -0.469 e. The summed E-state index contributed by atoms with van der Waals surface area (Å²) < 4.78 is 4.48. The van der Waals surface area contributed by atoms with Crippen molar-refractivity contribution in [2.45, 2.75) is 6.42 Å². The molecular weight excluding hydrogens is 228 g/mol. The van der Waals surface area contributed by atoms with Gasteiger partial charge in [0, 0.05) is 10.6 Å². The highest BCUT2D eigenvalue weighted by molar-refractivity contribution is 6.30. The quantitative estimate of drug-likeness (QED) is 0.598. The van der Waals surface area contributed by atoms with Crippen LogP contribution in [0.2, 0.25) is 5.02 Å². The van der Waals surface area contributed by atoms with E-state index in [4.69, 9.17) is 11.6 Å². The number of ether oxygens (including phenoxy) is 1. The number of esters is 1. The van der Waals surface area contributed by atoms with Crippen molar-refractivity contribution in [3.05, 3.63) is 40.4 Å². The summed E-state index contributed by atoms with van der Waals surface area (Å²) in [5.74, 6) is -0.321. The number of hydrogen-bond acceptors (Lipinski definition) is 3. The third-order valence-electron chi connectivity index (χ3n) is 1.99. The molecular formula is C12H11ClO3. The van der Waals surface area contributed by atoms with Gasteiger partial charge in [-0.15, -0.1) is 0 Å². The number of rotatable bonds is 4. The predicted octanol–water partition coefficient (Wildman–Crippen LogP) is 2.73. The average molecular weight is 239 g/mol. The molecule has 1 aromatic carbocycles. The summed E-state index contributed by atoms with van der Waals surface area (Å²) in [6.07, 6.45) is 4.24. The summed E-state index contributed by atoms with van der Waals surface area (Å²) in [6.45, 7) is 0. The van der Waals surface area contributed by atoms with Crippen LogP contribution in [0, 0.1) is 0 Å². The zero-order valence-corrected chi connectivity index (χ0v) is 9.53. The first-order valence-electron chi connectivity index (χ1n) is 4.65. The van der Waals surface area contributed by atoms with Crippen molar-refractivity contribution < 1.29 is 14.3 Å². The summed E-state index contributed by atoms with van der Waals surface area (Å²) in [7, 11) is 1.33. The molecule has 0 saturated carbocycles. The van der Waals surface area contributed by atoms with Gasteiger partial charge in [0.15, 0.2) is 6.29 Å². The van der Waals surface area contributed by atoms with E-state index in [2.05, 4.69) is 4.74 Å². The molecule has 0 N–H and O–H groups in total. The summed E-state index contributed by atoms with van der Waals surface area (Å²) in [5, 5.41) is 0.507. The van der Waals surface area contributed by atoms with Crippen molar-refractivity contribution in [3.63, 3.8) is 0 Å². The van der Waals surface area contributed by atoms with E-state index in [0.717, 1.165) is 11.8 Å². The normalized spacial score (nSPS) is 10.4. The van der Waals surface area contributed by atoms with Crippen LogP contribution >= 0.6 is 11.6 Å². The molecule has 0 atom stereocenters. The van der Waals surface area contributed by atoms with E-state index in [0.29, 0.717) is 10.6 Å². The molecule has 0 spiro atoms. The van der Waals surface area contributed by atoms with Crippen molar-refractivity contribution in [1.82, 2.24) is 0 Å². The molecule has 1 rings (SSSR count). The topological polar surface area (TPSA) is 43.4 Å². The summed E-state index contributed by atoms with van der Waals surface area (Å²) in [4.78, 5) is 21.6. The molecule has 0 saturated heterocycles. The monoisotopic (exact) mass is 238 g/mol. The van der Waals surface area contributed by atoms with Gasteiger partial charge in [0.2, 0.25) is 0 Å². The van der Waals surface area contributed by atoms with Crippen molar-refractivity contribution in [3.8, 4) is 0 Å². The highest BCUT2D eigenvalue weighted by Gasteiger charge is 2.00. The van der Waals surface area contributed by atoms with Crippen LogP contribution in [0.1, 0.15) is 22.3 Å². The zero-order chi connectivity index (χ0) is 12.0. The van der Waals surface area contributed by atoms with Gasteiger partial charge in [-0.3, -0.25) is 9.59 Å². The third-order valence-corrected chi connectivity index (χ3v) is 2.22. The largest absolute Gasteiger partial charge is 0.469 e. The van der Waals surface area contributed by atoms with Crippen LogP contribution in [0.15, 0.2) is 24.3 Å². The van der Waals surface area contributed by atoms with E-state index in [1.165, 1.54) is 7.11 Å². The molecule has 0 aromatic heterocycles. The number of carbonyl (C=O) groups excluding carboxylic acids is 2. The lowest BCUT2D eigenvalue weighted by Crippen LogP contribution is -1.96. The van der Waals surface area contributed by atoms with Crippen LogP contribution in [0.5, 0.6) is 0 Å². The zero-order valence-electron chi connectivity index (χ0n) is 8.77. The Bertz CT molecular complexity index is 424. The van der Waals surface area contributed by atoms with Gasteiger partial charge in [-0.2, -0.15) is 0 Å². The van der Waals surface area contributed by atoms with Gasteiger partial charge in [0.25, 0.3) is 0 Å². The predicted molar refractivity (Wildman–Crippen MR) is 62.5 cm³/mol. The first-order chi connectivity index (χ1) is 7.67. The summed E-state index contributed by atoms with van der Waals surface area (Å²) in [5.41, 5.74) is 1.22. The molecule has 0 aliphatic heterocycles. The lowest BCUT2D eigenvalue weighted by atomic mass is 10.1. The molecule has 0 aliphatic carbocycles. The molecule has 1 aromatic rings. The highest BCUT2D eigenvalue weighted by Crippen LogP contribution is 2.16. The number of methoxy groups -OCH3 is 1. The van der Waals surface area contributed by atoms with Gasteiger partial charge in [-0.05, 0) is 17.7 Å². The van der Waals surface area contributed by atoms with Gasteiger partial charge in [-0.1, -0.05) is 29.8 Å². The van der Waals surface area contributed by atoms with E-state index in [1.54, 1.807) is 30.4 Å². The molecule has 3 nitrogen and oxygen atoms in total. The number of carbonyl (C=O) groups is 2. The Morgan fingerprint density at radius 2 is 2.19 bits per heavy atom. The van der Waals surface area contributed by atoms with Crippen LogP contribution in [0.4, 0.5) is 0 Å². The number of hydrogen-bond donors (Lipinski definition) is 0. The molecule has 0 unspecified atom stereocenters. The minimum absolute atomic E-state index is 0.178. The van der Waals surface area contributed by atoms with Gasteiger partial charge in [-0.25, -0.2) is 0 Å². The maximum absolute atomic E-state index is 10.8. The fourth-order valence-corrected chi connectivity index (χ4v) is 1.35. The Morgan fingerprint density at radius 1 is 1.44 bits per heavy atom. The Morgan fingerprint density at radius 3 is 2.81 bits per heavy atom. The van der Waals surface area contributed by atoms with Gasteiger partial charge < -0.3 is 4.74 Å². The fraction of sp³-hybridized carbons (Fsp3) is 0.167. The summed E-state index contributed by atoms with van der Waals surface area (Å²) in [6, 6.07) is 4.98. The lowest BCUT2D eigenvalue weighted by molar-refractivity contribution is -0.139. The standard InChI is InChI=1S/C12H11ClO3/c1-16-12(15)4-2-3-9-5-6-11(13)7-10(9)8-14/h2-3,5-8H,4H2,1H3. The Kier molecular flexibility index (Phi) is 4.73. The Labute approximate surface area is 98.7 Å². The van der Waals surface area contributed by atoms with Crippen molar-refractivity contribution in [2.24, 2.45) is 0 Å². The maximum atomic E-state index is 10.8. The Balaban J connectivity index is 2.80. The second-order valence-electron chi connectivity index (χ2n) is 3.07. The molecule has 0 bridgehead atoms. The molecule has 0 amide bonds. The van der Waals surface area contributed by atoms with Crippen molar-refractivity contribution in [2.75, 3.05) is 7.11 Å². The second-order valence-corrected chi connectivity index (χ2v) is 3.51. The van der Waals surface area contributed by atoms with Gasteiger partial charge in [0.05, 0.1) is 13.5 Å². The SMILES string of the molecule is COC(=O)CC=Cc1ccc(Cl)cc1C=O. The first-order valence-corrected chi connectivity index (χ1v) is 5.03. The molecule has 4 heteroatoms. The highest BCUT2D eigenvalue weighted by atomic mass is 35.5. The van der Waals surface area contributed by atoms with E-state index >= 15 is 0 Å². The van der Waals surface area contributed by atoms with Crippen LogP contribution in [-0.4, -0.2) is 19.4 Å². The van der Waals surface area contributed by atoms with Crippen LogP contribution in [0.25, 0.3) is 6.08 Å². The molecule has 0 radical (unpaired) electrons. The van der Waals surface area contributed by atoms with Crippen molar-refractivity contribution >= 4 is 29.9 Å². The fourth-order valence-electron chi connectivity index (χ4n) is 1.16. The van der Waals surface area contributed by atoms with E-state index in [1.807, 2.05) is 0 Å². The molecule has 0 fully saturated rings. The molecule has 0 heterocycles. The average Bonchev–Trinajstić information content (AvgIpc) is 2.30. The number of benzene rings is 1. The van der Waals surface area contributed by atoms with Crippen molar-refractivity contribution in [1.29, 1.82) is 0 Å². The van der Waals surface area contributed by atoms with Gasteiger partial charge in [0.1, 0.15) is 0 Å². The second kappa shape index (κ2) is 6.08. The Hall–Kier alpha value is -1.61. The minimum atomic E-state index is -0.321. The maximum Gasteiger partial charge on any atom is 0.309 e. The molecule has 0 aliphatic rings. The first kappa shape index (κ1) is 12.5.